The van der Waals surface area contributed by atoms with Gasteiger partial charge in [-0.3, -0.25) is 9.78 Å². The summed E-state index contributed by atoms with van der Waals surface area (Å²) in [5.41, 5.74) is 1.71. The van der Waals surface area contributed by atoms with Gasteiger partial charge in [-0.25, -0.2) is 0 Å². The van der Waals surface area contributed by atoms with E-state index in [9.17, 15) is 4.79 Å². The van der Waals surface area contributed by atoms with Crippen molar-refractivity contribution in [2.75, 3.05) is 19.7 Å². The molecule has 0 saturated carbocycles. The van der Waals surface area contributed by atoms with Crippen LogP contribution in [0.25, 0.3) is 0 Å². The largest absolute Gasteiger partial charge is 0.372 e. The van der Waals surface area contributed by atoms with Gasteiger partial charge in [-0.1, -0.05) is 24.3 Å². The number of aromatic nitrogens is 1. The van der Waals surface area contributed by atoms with Crippen LogP contribution >= 0.6 is 0 Å². The fraction of sp³-hybridized carbons (Fsp3) is 0.429. The predicted molar refractivity (Wildman–Crippen MR) is 97.7 cm³/mol. The van der Waals surface area contributed by atoms with E-state index in [-0.39, 0.29) is 17.6 Å². The van der Waals surface area contributed by atoms with Crippen LogP contribution in [0, 0.1) is 0 Å². The van der Waals surface area contributed by atoms with Gasteiger partial charge in [0.1, 0.15) is 0 Å². The number of pyridine rings is 1. The zero-order valence-electron chi connectivity index (χ0n) is 14.8. The van der Waals surface area contributed by atoms with Gasteiger partial charge in [0.25, 0.3) is 5.91 Å². The minimum absolute atomic E-state index is 0.114. The lowest BCUT2D eigenvalue weighted by molar-refractivity contribution is -0.0412. The minimum atomic E-state index is -0.132. The Morgan fingerprint density at radius 2 is 2.00 bits per heavy atom. The standard InChI is InChI=1S/C21H24N2O3/c24-20(18-6-2-1-3-7-18)23-11-8-21(9-12-23)13-19(16-26-21)25-15-17-5-4-10-22-14-17/h1-7,10,14,19H,8-9,11-13,15-16H2. The summed E-state index contributed by atoms with van der Waals surface area (Å²) in [6.45, 7) is 2.68. The molecule has 2 aliphatic rings. The number of benzene rings is 1. The number of likely N-dealkylation sites (tertiary alicyclic amines) is 1. The lowest BCUT2D eigenvalue weighted by Gasteiger charge is -2.38. The maximum absolute atomic E-state index is 12.6. The van der Waals surface area contributed by atoms with E-state index in [4.69, 9.17) is 9.47 Å². The smallest absolute Gasteiger partial charge is 0.253 e. The molecular formula is C21H24N2O3. The Morgan fingerprint density at radius 1 is 1.19 bits per heavy atom. The quantitative estimate of drug-likeness (QED) is 0.849. The lowest BCUT2D eigenvalue weighted by atomic mass is 9.87. The lowest BCUT2D eigenvalue weighted by Crippen LogP contribution is -2.46. The van der Waals surface area contributed by atoms with Gasteiger partial charge >= 0.3 is 0 Å². The second-order valence-corrected chi connectivity index (χ2v) is 7.15. The van der Waals surface area contributed by atoms with Crippen molar-refractivity contribution in [1.82, 2.24) is 9.88 Å². The van der Waals surface area contributed by atoms with Crippen LogP contribution in [-0.2, 0) is 16.1 Å². The van der Waals surface area contributed by atoms with E-state index in [1.807, 2.05) is 53.6 Å². The number of hydrogen-bond acceptors (Lipinski definition) is 4. The van der Waals surface area contributed by atoms with Gasteiger partial charge in [0, 0.05) is 37.5 Å². The van der Waals surface area contributed by atoms with E-state index < -0.39 is 0 Å². The van der Waals surface area contributed by atoms with Gasteiger partial charge in [0.2, 0.25) is 0 Å². The van der Waals surface area contributed by atoms with Gasteiger partial charge in [-0.15, -0.1) is 0 Å². The van der Waals surface area contributed by atoms with Gasteiger partial charge < -0.3 is 14.4 Å². The number of carbonyl (C=O) groups excluding carboxylic acids is 1. The molecule has 2 fully saturated rings. The van der Waals surface area contributed by atoms with Gasteiger partial charge in [0.15, 0.2) is 0 Å². The molecule has 2 saturated heterocycles. The third-order valence-electron chi connectivity index (χ3n) is 5.37. The maximum atomic E-state index is 12.6. The van der Waals surface area contributed by atoms with Crippen molar-refractivity contribution < 1.29 is 14.3 Å². The molecule has 3 heterocycles. The highest BCUT2D eigenvalue weighted by atomic mass is 16.6. The molecule has 1 amide bonds. The van der Waals surface area contributed by atoms with Crippen LogP contribution in [0.4, 0.5) is 0 Å². The van der Waals surface area contributed by atoms with E-state index >= 15 is 0 Å². The minimum Gasteiger partial charge on any atom is -0.372 e. The summed E-state index contributed by atoms with van der Waals surface area (Å²) >= 11 is 0. The molecule has 1 atom stereocenters. The molecule has 26 heavy (non-hydrogen) atoms. The highest BCUT2D eigenvalue weighted by Crippen LogP contribution is 2.37. The molecular weight excluding hydrogens is 328 g/mol. The van der Waals surface area contributed by atoms with E-state index in [1.165, 1.54) is 0 Å². The highest BCUT2D eigenvalue weighted by Gasteiger charge is 2.43. The molecule has 5 nitrogen and oxygen atoms in total. The van der Waals surface area contributed by atoms with Crippen LogP contribution in [0.2, 0.25) is 0 Å². The Kier molecular flexibility index (Phi) is 5.00. The number of ether oxygens (including phenoxy) is 2. The van der Waals surface area contributed by atoms with Crippen molar-refractivity contribution >= 4 is 5.91 Å². The third-order valence-corrected chi connectivity index (χ3v) is 5.37. The van der Waals surface area contributed by atoms with Gasteiger partial charge in [-0.2, -0.15) is 0 Å². The number of piperidine rings is 1. The molecule has 1 aromatic heterocycles. The Hall–Kier alpha value is -2.24. The SMILES string of the molecule is O=C(c1ccccc1)N1CCC2(CC1)CC(OCc1cccnc1)CO2. The average molecular weight is 352 g/mol. The molecule has 0 radical (unpaired) electrons. The van der Waals surface area contributed by atoms with Crippen LogP contribution < -0.4 is 0 Å². The summed E-state index contributed by atoms with van der Waals surface area (Å²) in [6.07, 6.45) is 6.37. The van der Waals surface area contributed by atoms with Crippen molar-refractivity contribution in [3.05, 3.63) is 66.0 Å². The zero-order valence-corrected chi connectivity index (χ0v) is 14.8. The molecule has 1 spiro atoms. The summed E-state index contributed by atoms with van der Waals surface area (Å²) in [5.74, 6) is 0.114. The average Bonchev–Trinajstić information content (AvgIpc) is 3.10. The Morgan fingerprint density at radius 3 is 2.73 bits per heavy atom. The fourth-order valence-corrected chi connectivity index (χ4v) is 3.84. The number of carbonyl (C=O) groups is 1. The first-order chi connectivity index (χ1) is 12.7. The van der Waals surface area contributed by atoms with Gasteiger partial charge in [-0.05, 0) is 36.6 Å². The molecule has 2 aromatic rings. The summed E-state index contributed by atoms with van der Waals surface area (Å²) in [5, 5.41) is 0. The molecule has 0 bridgehead atoms. The zero-order chi connectivity index (χ0) is 17.8. The summed E-state index contributed by atoms with van der Waals surface area (Å²) in [7, 11) is 0. The highest BCUT2D eigenvalue weighted by molar-refractivity contribution is 5.94. The first-order valence-corrected chi connectivity index (χ1v) is 9.23. The van der Waals surface area contributed by atoms with Crippen LogP contribution in [0.3, 0.4) is 0 Å². The first kappa shape index (κ1) is 17.2. The normalized spacial score (nSPS) is 21.8. The van der Waals surface area contributed by atoms with E-state index in [0.29, 0.717) is 13.2 Å². The number of nitrogens with zero attached hydrogens (tertiary/aromatic N) is 2. The monoisotopic (exact) mass is 352 g/mol. The first-order valence-electron chi connectivity index (χ1n) is 9.23. The molecule has 1 unspecified atom stereocenters. The van der Waals surface area contributed by atoms with E-state index in [1.54, 1.807) is 6.20 Å². The molecule has 136 valence electrons. The van der Waals surface area contributed by atoms with Crippen LogP contribution in [0.5, 0.6) is 0 Å². The number of rotatable bonds is 4. The summed E-state index contributed by atoms with van der Waals surface area (Å²) in [4.78, 5) is 18.6. The molecule has 1 aromatic carbocycles. The maximum Gasteiger partial charge on any atom is 0.253 e. The molecule has 0 N–H and O–H groups in total. The Labute approximate surface area is 153 Å². The topological polar surface area (TPSA) is 51.7 Å². The van der Waals surface area contributed by atoms with E-state index in [0.717, 1.165) is 43.5 Å². The second kappa shape index (κ2) is 7.56. The van der Waals surface area contributed by atoms with Crippen molar-refractivity contribution in [2.24, 2.45) is 0 Å². The van der Waals surface area contributed by atoms with Crippen LogP contribution in [0.1, 0.15) is 35.2 Å². The Balaban J connectivity index is 1.28. The predicted octanol–water partition coefficient (Wildman–Crippen LogP) is 3.06. The van der Waals surface area contributed by atoms with Crippen LogP contribution in [0.15, 0.2) is 54.9 Å². The summed E-state index contributed by atoms with van der Waals surface area (Å²) in [6, 6.07) is 13.4. The summed E-state index contributed by atoms with van der Waals surface area (Å²) < 4.78 is 12.2. The Bertz CT molecular complexity index is 727. The second-order valence-electron chi connectivity index (χ2n) is 7.15. The molecule has 0 aliphatic carbocycles. The van der Waals surface area contributed by atoms with Crippen LogP contribution in [-0.4, -0.2) is 47.2 Å². The van der Waals surface area contributed by atoms with Crippen molar-refractivity contribution in [3.8, 4) is 0 Å². The molecule has 4 rings (SSSR count). The third kappa shape index (κ3) is 3.79. The van der Waals surface area contributed by atoms with Crippen molar-refractivity contribution in [3.63, 3.8) is 0 Å². The number of hydrogen-bond donors (Lipinski definition) is 0. The molecule has 5 heteroatoms. The molecule has 2 aliphatic heterocycles. The van der Waals surface area contributed by atoms with E-state index in [2.05, 4.69) is 4.98 Å². The van der Waals surface area contributed by atoms with Crippen molar-refractivity contribution in [2.45, 2.75) is 37.6 Å². The fourth-order valence-electron chi connectivity index (χ4n) is 3.84. The number of amides is 1. The van der Waals surface area contributed by atoms with Crippen molar-refractivity contribution in [1.29, 1.82) is 0 Å². The van der Waals surface area contributed by atoms with Gasteiger partial charge in [0.05, 0.1) is 24.9 Å².